The monoisotopic (exact) mass is 453 g/mol. The van der Waals surface area contributed by atoms with E-state index in [-0.39, 0.29) is 5.91 Å². The van der Waals surface area contributed by atoms with Crippen LogP contribution in [0.2, 0.25) is 0 Å². The summed E-state index contributed by atoms with van der Waals surface area (Å²) >= 11 is 1.55. The number of fused-ring (bicyclic) bond motifs is 2. The molecule has 3 aromatic rings. The summed E-state index contributed by atoms with van der Waals surface area (Å²) in [6.45, 7) is 1.72. The molecule has 0 N–H and O–H groups in total. The highest BCUT2D eigenvalue weighted by molar-refractivity contribution is 7.89. The first-order valence-corrected chi connectivity index (χ1v) is 12.8. The van der Waals surface area contributed by atoms with Crippen molar-refractivity contribution in [3.63, 3.8) is 0 Å². The average molecular weight is 454 g/mol. The molecule has 0 aliphatic carbocycles. The number of para-hydroxylation sites is 1. The van der Waals surface area contributed by atoms with Crippen molar-refractivity contribution < 1.29 is 13.2 Å². The van der Waals surface area contributed by atoms with E-state index in [1.165, 1.54) is 0 Å². The fourth-order valence-corrected chi connectivity index (χ4v) is 6.65. The van der Waals surface area contributed by atoms with Crippen LogP contribution in [0, 0.1) is 0 Å². The third-order valence-corrected chi connectivity index (χ3v) is 8.74. The van der Waals surface area contributed by atoms with Crippen molar-refractivity contribution in [2.24, 2.45) is 0 Å². The van der Waals surface area contributed by atoms with Gasteiger partial charge in [0.1, 0.15) is 5.01 Å². The van der Waals surface area contributed by atoms with Gasteiger partial charge in [-0.25, -0.2) is 13.4 Å². The lowest BCUT2D eigenvalue weighted by molar-refractivity contribution is -0.114. The first-order valence-electron chi connectivity index (χ1n) is 10.5. The summed E-state index contributed by atoms with van der Waals surface area (Å²) in [5.41, 5.74) is 2.62. The molecule has 5 rings (SSSR count). The number of carbonyl (C=O) groups excluding carboxylic acids is 1. The zero-order valence-electron chi connectivity index (χ0n) is 17.0. The Kier molecular flexibility index (Phi) is 5.37. The van der Waals surface area contributed by atoms with E-state index in [1.54, 1.807) is 50.9 Å². The van der Waals surface area contributed by atoms with Gasteiger partial charge in [-0.1, -0.05) is 18.6 Å². The summed E-state index contributed by atoms with van der Waals surface area (Å²) in [6, 6.07) is 13.0. The fraction of sp³-hybridized carbons (Fsp3) is 0.304. The van der Waals surface area contributed by atoms with Crippen molar-refractivity contribution in [1.29, 1.82) is 0 Å². The van der Waals surface area contributed by atoms with Crippen LogP contribution in [0.1, 0.15) is 29.8 Å². The van der Waals surface area contributed by atoms with Crippen molar-refractivity contribution in [1.82, 2.24) is 9.29 Å². The van der Waals surface area contributed by atoms with Gasteiger partial charge in [0.2, 0.25) is 10.0 Å². The lowest BCUT2D eigenvalue weighted by Gasteiger charge is -2.26. The van der Waals surface area contributed by atoms with Crippen molar-refractivity contribution in [2.75, 3.05) is 24.5 Å². The molecule has 160 valence electrons. The Morgan fingerprint density at radius 2 is 1.84 bits per heavy atom. The summed E-state index contributed by atoms with van der Waals surface area (Å²) in [4.78, 5) is 19.4. The van der Waals surface area contributed by atoms with Crippen molar-refractivity contribution >= 4 is 49.2 Å². The molecule has 3 heterocycles. The fourth-order valence-electron chi connectivity index (χ4n) is 4.22. The van der Waals surface area contributed by atoms with E-state index < -0.39 is 10.0 Å². The van der Waals surface area contributed by atoms with Crippen LogP contribution in [0.25, 0.3) is 16.3 Å². The minimum absolute atomic E-state index is 0.121. The highest BCUT2D eigenvalue weighted by Gasteiger charge is 2.29. The Labute approximate surface area is 185 Å². The SMILES string of the molecule is O=C(/C=C/c1nc2ccccc2s1)N1CCc2cc(S(=O)(=O)N3CCCCC3)ccc21. The largest absolute Gasteiger partial charge is 0.308 e. The summed E-state index contributed by atoms with van der Waals surface area (Å²) < 4.78 is 28.6. The van der Waals surface area contributed by atoms with Gasteiger partial charge in [-0.2, -0.15) is 4.31 Å². The molecule has 0 spiro atoms. The number of anilines is 1. The Hall–Kier alpha value is -2.55. The number of thiazole rings is 1. The van der Waals surface area contributed by atoms with Gasteiger partial charge in [0, 0.05) is 31.4 Å². The topological polar surface area (TPSA) is 70.6 Å². The Morgan fingerprint density at radius 1 is 1.03 bits per heavy atom. The number of sulfonamides is 1. The second-order valence-electron chi connectivity index (χ2n) is 7.85. The van der Waals surface area contributed by atoms with Crippen LogP contribution >= 0.6 is 11.3 Å². The molecule has 1 aromatic heterocycles. The van der Waals surface area contributed by atoms with Gasteiger partial charge >= 0.3 is 0 Å². The molecule has 0 radical (unpaired) electrons. The first-order chi connectivity index (χ1) is 15.0. The zero-order valence-corrected chi connectivity index (χ0v) is 18.7. The Balaban J connectivity index is 1.34. The van der Waals surface area contributed by atoms with Crippen LogP contribution < -0.4 is 4.90 Å². The molecular weight excluding hydrogens is 430 g/mol. The van der Waals surface area contributed by atoms with Gasteiger partial charge in [-0.3, -0.25) is 4.79 Å². The van der Waals surface area contributed by atoms with E-state index >= 15 is 0 Å². The molecule has 8 heteroatoms. The number of benzene rings is 2. The zero-order chi connectivity index (χ0) is 21.4. The van der Waals surface area contributed by atoms with E-state index in [0.717, 1.165) is 45.7 Å². The van der Waals surface area contributed by atoms with Crippen molar-refractivity contribution in [2.45, 2.75) is 30.6 Å². The summed E-state index contributed by atoms with van der Waals surface area (Å²) in [7, 11) is -3.47. The van der Waals surface area contributed by atoms with E-state index in [1.807, 2.05) is 24.3 Å². The molecule has 1 amide bonds. The number of piperidine rings is 1. The smallest absolute Gasteiger partial charge is 0.251 e. The van der Waals surface area contributed by atoms with Crippen LogP contribution in [-0.4, -0.2) is 43.2 Å². The third-order valence-electron chi connectivity index (χ3n) is 5.84. The molecule has 2 aliphatic heterocycles. The molecule has 0 saturated carbocycles. The van der Waals surface area contributed by atoms with Gasteiger partial charge in [0.05, 0.1) is 15.1 Å². The molecule has 1 fully saturated rings. The van der Waals surface area contributed by atoms with Crippen LogP contribution in [-0.2, 0) is 21.2 Å². The molecule has 0 bridgehead atoms. The molecule has 2 aromatic carbocycles. The molecule has 0 unspecified atom stereocenters. The maximum Gasteiger partial charge on any atom is 0.251 e. The minimum atomic E-state index is -3.47. The van der Waals surface area contributed by atoms with Crippen molar-refractivity contribution in [3.8, 4) is 0 Å². The number of nitrogens with zero attached hydrogens (tertiary/aromatic N) is 3. The number of hydrogen-bond acceptors (Lipinski definition) is 5. The number of rotatable bonds is 4. The second-order valence-corrected chi connectivity index (χ2v) is 10.8. The van der Waals surface area contributed by atoms with Crippen LogP contribution in [0.5, 0.6) is 0 Å². The van der Waals surface area contributed by atoms with Gasteiger partial charge in [0.25, 0.3) is 5.91 Å². The van der Waals surface area contributed by atoms with E-state index in [4.69, 9.17) is 0 Å². The van der Waals surface area contributed by atoms with Gasteiger partial charge in [0.15, 0.2) is 0 Å². The Bertz CT molecular complexity index is 1240. The van der Waals surface area contributed by atoms with Gasteiger partial charge < -0.3 is 4.90 Å². The highest BCUT2D eigenvalue weighted by atomic mass is 32.2. The average Bonchev–Trinajstić information content (AvgIpc) is 3.41. The molecule has 1 saturated heterocycles. The van der Waals surface area contributed by atoms with Crippen LogP contribution in [0.3, 0.4) is 0 Å². The summed E-state index contributed by atoms with van der Waals surface area (Å²) in [5.74, 6) is -0.121. The molecule has 6 nitrogen and oxygen atoms in total. The molecular formula is C23H23N3O3S2. The number of hydrogen-bond donors (Lipinski definition) is 0. The number of carbonyl (C=O) groups is 1. The standard InChI is InChI=1S/C23H23N3O3S2/c27-23(11-10-22-24-19-6-2-3-7-21(19)30-22)26-15-12-17-16-18(8-9-20(17)26)31(28,29)25-13-4-1-5-14-25/h2-3,6-11,16H,1,4-5,12-15H2/b11-10+. The number of amides is 1. The predicted molar refractivity (Wildman–Crippen MR) is 124 cm³/mol. The Morgan fingerprint density at radius 3 is 2.65 bits per heavy atom. The molecule has 2 aliphatic rings. The number of aromatic nitrogens is 1. The lowest BCUT2D eigenvalue weighted by atomic mass is 10.2. The first kappa shape index (κ1) is 20.4. The third kappa shape index (κ3) is 3.91. The highest BCUT2D eigenvalue weighted by Crippen LogP contribution is 2.32. The molecule has 0 atom stereocenters. The van der Waals surface area contributed by atoms with E-state index in [0.29, 0.717) is 31.0 Å². The van der Waals surface area contributed by atoms with Gasteiger partial charge in [-0.05, 0) is 61.2 Å². The second kappa shape index (κ2) is 8.18. The van der Waals surface area contributed by atoms with Crippen LogP contribution in [0.4, 0.5) is 5.69 Å². The summed E-state index contributed by atoms with van der Waals surface area (Å²) in [5, 5.41) is 0.789. The normalized spacial score (nSPS) is 17.5. The summed E-state index contributed by atoms with van der Waals surface area (Å²) in [6.07, 6.45) is 6.85. The maximum atomic E-state index is 13.0. The van der Waals surface area contributed by atoms with Crippen LogP contribution in [0.15, 0.2) is 53.4 Å². The maximum absolute atomic E-state index is 13.0. The van der Waals surface area contributed by atoms with E-state index in [2.05, 4.69) is 4.98 Å². The van der Waals surface area contributed by atoms with E-state index in [9.17, 15) is 13.2 Å². The predicted octanol–water partition coefficient (Wildman–Crippen LogP) is 4.07. The van der Waals surface area contributed by atoms with Gasteiger partial charge in [-0.15, -0.1) is 11.3 Å². The quantitative estimate of drug-likeness (QED) is 0.558. The van der Waals surface area contributed by atoms with Crippen molar-refractivity contribution in [3.05, 3.63) is 59.1 Å². The molecule has 31 heavy (non-hydrogen) atoms. The lowest BCUT2D eigenvalue weighted by Crippen LogP contribution is -2.35. The minimum Gasteiger partial charge on any atom is -0.308 e.